The van der Waals surface area contributed by atoms with Crippen LogP contribution in [0.2, 0.25) is 10.0 Å². The van der Waals surface area contributed by atoms with Crippen LogP contribution >= 0.6 is 34.5 Å². The van der Waals surface area contributed by atoms with E-state index in [1.165, 1.54) is 42.6 Å². The Balaban J connectivity index is 2.05. The fourth-order valence-corrected chi connectivity index (χ4v) is 5.33. The second-order valence-electron chi connectivity index (χ2n) is 6.06. The number of thiazole rings is 1. The Morgan fingerprint density at radius 3 is 2.61 bits per heavy atom. The molecule has 1 aromatic heterocycles. The standard InChI is InChI=1S/C20H12Cl2FN3O3S2/c1-12(27)26(18-5-3-2-4-17(18)23)20-25-14(11-30-20)9-15(10-24)31(28,29)19-8-13(21)6-7-16(19)22/h2-9,11H,1H3/b15-9+. The van der Waals surface area contributed by atoms with Crippen molar-refractivity contribution in [3.8, 4) is 6.07 Å². The summed E-state index contributed by atoms with van der Waals surface area (Å²) >= 11 is 12.8. The first-order chi connectivity index (χ1) is 14.6. The number of allylic oxidation sites excluding steroid dienone is 1. The summed E-state index contributed by atoms with van der Waals surface area (Å²) in [6.07, 6.45) is 1.05. The summed E-state index contributed by atoms with van der Waals surface area (Å²) in [6, 6.07) is 11.2. The van der Waals surface area contributed by atoms with Gasteiger partial charge in [-0.15, -0.1) is 11.3 Å². The number of sulfone groups is 1. The highest BCUT2D eigenvalue weighted by atomic mass is 35.5. The third-order valence-corrected chi connectivity index (χ3v) is 7.20. The second-order valence-corrected chi connectivity index (χ2v) is 9.63. The number of benzene rings is 2. The van der Waals surface area contributed by atoms with Crippen molar-refractivity contribution in [3.05, 3.63) is 74.3 Å². The zero-order chi connectivity index (χ0) is 22.8. The van der Waals surface area contributed by atoms with Gasteiger partial charge in [-0.3, -0.25) is 9.69 Å². The number of nitrogens with zero attached hydrogens (tertiary/aromatic N) is 3. The van der Waals surface area contributed by atoms with Gasteiger partial charge < -0.3 is 0 Å². The van der Waals surface area contributed by atoms with E-state index in [2.05, 4.69) is 4.98 Å². The summed E-state index contributed by atoms with van der Waals surface area (Å²) in [5.41, 5.74) is 0.0968. The lowest BCUT2D eigenvalue weighted by atomic mass is 10.3. The number of halogens is 3. The molecule has 0 aliphatic heterocycles. The van der Waals surface area contributed by atoms with E-state index in [4.69, 9.17) is 23.2 Å². The van der Waals surface area contributed by atoms with Gasteiger partial charge in [0.15, 0.2) is 10.0 Å². The van der Waals surface area contributed by atoms with Gasteiger partial charge in [-0.25, -0.2) is 17.8 Å². The van der Waals surface area contributed by atoms with Crippen LogP contribution in [0, 0.1) is 17.1 Å². The highest BCUT2D eigenvalue weighted by Gasteiger charge is 2.25. The number of rotatable bonds is 5. The zero-order valence-corrected chi connectivity index (χ0v) is 18.9. The van der Waals surface area contributed by atoms with Gasteiger partial charge in [-0.1, -0.05) is 35.3 Å². The maximum atomic E-state index is 14.2. The van der Waals surface area contributed by atoms with Crippen LogP contribution in [0.4, 0.5) is 15.2 Å². The predicted molar refractivity (Wildman–Crippen MR) is 119 cm³/mol. The highest BCUT2D eigenvalue weighted by Crippen LogP contribution is 2.33. The molecule has 2 aromatic carbocycles. The molecular formula is C20H12Cl2FN3O3S2. The predicted octanol–water partition coefficient (Wildman–Crippen LogP) is 5.61. The largest absolute Gasteiger partial charge is 0.274 e. The van der Waals surface area contributed by atoms with Crippen LogP contribution in [0.5, 0.6) is 0 Å². The Hall–Kier alpha value is -2.77. The minimum atomic E-state index is -4.28. The lowest BCUT2D eigenvalue weighted by Crippen LogP contribution is -2.23. The van der Waals surface area contributed by atoms with Crippen LogP contribution in [0.15, 0.2) is 57.6 Å². The molecule has 31 heavy (non-hydrogen) atoms. The maximum absolute atomic E-state index is 14.2. The molecule has 0 N–H and O–H groups in total. The normalized spacial score (nSPS) is 11.8. The molecule has 1 heterocycles. The fourth-order valence-electron chi connectivity index (χ4n) is 2.59. The van der Waals surface area contributed by atoms with E-state index in [1.807, 2.05) is 0 Å². The monoisotopic (exact) mass is 495 g/mol. The van der Waals surface area contributed by atoms with E-state index in [-0.39, 0.29) is 31.5 Å². The minimum Gasteiger partial charge on any atom is -0.274 e. The fraction of sp³-hybridized carbons (Fsp3) is 0.0500. The first-order valence-corrected chi connectivity index (χ1v) is 11.6. The van der Waals surface area contributed by atoms with Crippen molar-refractivity contribution in [2.75, 3.05) is 4.90 Å². The molecule has 1 amide bonds. The molecule has 0 atom stereocenters. The Labute approximate surface area is 191 Å². The highest BCUT2D eigenvalue weighted by molar-refractivity contribution is 7.95. The Morgan fingerprint density at radius 1 is 1.26 bits per heavy atom. The summed E-state index contributed by atoms with van der Waals surface area (Å²) in [5, 5.41) is 11.1. The van der Waals surface area contributed by atoms with Gasteiger partial charge in [0.05, 0.1) is 21.3 Å². The van der Waals surface area contributed by atoms with Gasteiger partial charge in [-0.05, 0) is 36.4 Å². The third kappa shape index (κ3) is 4.78. The molecule has 0 saturated carbocycles. The molecule has 0 saturated heterocycles. The molecule has 0 bridgehead atoms. The maximum Gasteiger partial charge on any atom is 0.230 e. The Bertz CT molecular complexity index is 1350. The molecule has 0 radical (unpaired) electrons. The number of carbonyl (C=O) groups is 1. The number of anilines is 2. The molecule has 0 spiro atoms. The Kier molecular flexibility index (Phi) is 6.77. The topological polar surface area (TPSA) is 91.1 Å². The van der Waals surface area contributed by atoms with Crippen LogP contribution in [0.3, 0.4) is 0 Å². The van der Waals surface area contributed by atoms with E-state index in [1.54, 1.807) is 12.1 Å². The molecule has 0 unspecified atom stereocenters. The molecule has 3 rings (SSSR count). The van der Waals surface area contributed by atoms with Crippen molar-refractivity contribution in [2.45, 2.75) is 11.8 Å². The van der Waals surface area contributed by atoms with E-state index >= 15 is 0 Å². The zero-order valence-electron chi connectivity index (χ0n) is 15.7. The van der Waals surface area contributed by atoms with Gasteiger partial charge >= 0.3 is 0 Å². The summed E-state index contributed by atoms with van der Waals surface area (Å²) in [7, 11) is -4.28. The average molecular weight is 496 g/mol. The smallest absolute Gasteiger partial charge is 0.230 e. The van der Waals surface area contributed by atoms with E-state index in [0.29, 0.717) is 0 Å². The number of aromatic nitrogens is 1. The van der Waals surface area contributed by atoms with Crippen molar-refractivity contribution < 1.29 is 17.6 Å². The SMILES string of the molecule is CC(=O)N(c1nc(/C=C(\C#N)S(=O)(=O)c2cc(Cl)ccc2Cl)cs1)c1ccccc1F. The van der Waals surface area contributed by atoms with Crippen molar-refractivity contribution >= 4 is 67.2 Å². The second kappa shape index (κ2) is 9.16. The molecule has 11 heteroatoms. The van der Waals surface area contributed by atoms with Gasteiger partial charge in [0.1, 0.15) is 11.9 Å². The third-order valence-electron chi connectivity index (χ3n) is 3.97. The summed E-state index contributed by atoms with van der Waals surface area (Å²) < 4.78 is 40.0. The number of nitriles is 1. The van der Waals surface area contributed by atoms with Crippen LogP contribution < -0.4 is 4.90 Å². The van der Waals surface area contributed by atoms with Crippen molar-refractivity contribution in [1.82, 2.24) is 4.98 Å². The average Bonchev–Trinajstić information content (AvgIpc) is 3.17. The van der Waals surface area contributed by atoms with E-state index in [0.717, 1.165) is 28.4 Å². The lowest BCUT2D eigenvalue weighted by molar-refractivity contribution is -0.115. The van der Waals surface area contributed by atoms with Crippen molar-refractivity contribution in [1.29, 1.82) is 5.26 Å². The Morgan fingerprint density at radius 2 is 1.97 bits per heavy atom. The molecule has 0 fully saturated rings. The van der Waals surface area contributed by atoms with Crippen molar-refractivity contribution in [3.63, 3.8) is 0 Å². The lowest BCUT2D eigenvalue weighted by Gasteiger charge is -2.18. The van der Waals surface area contributed by atoms with Crippen LogP contribution in [0.1, 0.15) is 12.6 Å². The van der Waals surface area contributed by atoms with Crippen molar-refractivity contribution in [2.24, 2.45) is 0 Å². The van der Waals surface area contributed by atoms with Crippen LogP contribution in [0.25, 0.3) is 6.08 Å². The van der Waals surface area contributed by atoms with Gasteiger partial charge in [-0.2, -0.15) is 5.26 Å². The molecular weight excluding hydrogens is 484 g/mol. The van der Waals surface area contributed by atoms with Gasteiger partial charge in [0.2, 0.25) is 15.7 Å². The van der Waals surface area contributed by atoms with E-state index < -0.39 is 26.5 Å². The first-order valence-electron chi connectivity index (χ1n) is 8.48. The van der Waals surface area contributed by atoms with Crippen LogP contribution in [-0.2, 0) is 14.6 Å². The van der Waals surface area contributed by atoms with Gasteiger partial charge in [0.25, 0.3) is 0 Å². The van der Waals surface area contributed by atoms with E-state index in [9.17, 15) is 22.9 Å². The molecule has 0 aliphatic rings. The molecule has 3 aromatic rings. The summed E-state index contributed by atoms with van der Waals surface area (Å²) in [5.74, 6) is -1.12. The molecule has 158 valence electrons. The molecule has 0 aliphatic carbocycles. The van der Waals surface area contributed by atoms with Crippen LogP contribution in [-0.4, -0.2) is 19.3 Å². The number of hydrogen-bond donors (Lipinski definition) is 0. The number of hydrogen-bond acceptors (Lipinski definition) is 6. The molecule has 6 nitrogen and oxygen atoms in total. The first kappa shape index (κ1) is 22.9. The number of carbonyl (C=O) groups excluding carboxylic acids is 1. The minimum absolute atomic E-state index is 0.00119. The summed E-state index contributed by atoms with van der Waals surface area (Å²) in [4.78, 5) is 16.5. The quantitative estimate of drug-likeness (QED) is 0.428. The van der Waals surface area contributed by atoms with Gasteiger partial charge in [0, 0.05) is 17.3 Å². The number of para-hydroxylation sites is 1. The number of amides is 1. The summed E-state index contributed by atoms with van der Waals surface area (Å²) in [6.45, 7) is 1.25.